The van der Waals surface area contributed by atoms with E-state index >= 15 is 0 Å². The molecule has 0 aliphatic rings. The highest BCUT2D eigenvalue weighted by atomic mass is 32.1. The molecule has 0 amide bonds. The van der Waals surface area contributed by atoms with E-state index in [-0.39, 0.29) is 11.1 Å². The second kappa shape index (κ2) is 5.01. The molecule has 0 unspecified atom stereocenters. The van der Waals surface area contributed by atoms with Gasteiger partial charge in [0.1, 0.15) is 6.07 Å². The van der Waals surface area contributed by atoms with Crippen molar-refractivity contribution in [2.45, 2.75) is 0 Å². The van der Waals surface area contributed by atoms with Crippen LogP contribution in [-0.2, 0) is 4.74 Å². The van der Waals surface area contributed by atoms with Gasteiger partial charge < -0.3 is 4.74 Å². The van der Waals surface area contributed by atoms with Gasteiger partial charge in [0.25, 0.3) is 0 Å². The molecule has 4 nitrogen and oxygen atoms in total. The van der Waals surface area contributed by atoms with Gasteiger partial charge in [0.05, 0.1) is 29.1 Å². The number of rotatable bonds is 2. The average molecular weight is 218 g/mol. The maximum atomic E-state index is 11.2. The number of methoxy groups -OCH3 is 1. The molecule has 0 bridgehead atoms. The van der Waals surface area contributed by atoms with E-state index < -0.39 is 5.97 Å². The lowest BCUT2D eigenvalue weighted by Crippen LogP contribution is -2.03. The minimum Gasteiger partial charge on any atom is -0.465 e. The fraction of sp³-hybridized carbons (Fsp3) is 0.100. The first-order chi connectivity index (χ1) is 7.22. The number of aliphatic imine (C=N–C) groups is 1. The third-order valence-electron chi connectivity index (χ3n) is 1.70. The lowest BCUT2D eigenvalue weighted by molar-refractivity contribution is 0.0600. The Morgan fingerprint density at radius 3 is 2.87 bits per heavy atom. The van der Waals surface area contributed by atoms with E-state index in [0.29, 0.717) is 5.69 Å². The van der Waals surface area contributed by atoms with Crippen LogP contribution in [0.15, 0.2) is 23.2 Å². The molecule has 0 saturated carbocycles. The first kappa shape index (κ1) is 11.1. The summed E-state index contributed by atoms with van der Waals surface area (Å²) in [4.78, 5) is 14.9. The highest BCUT2D eigenvalue weighted by Crippen LogP contribution is 2.18. The van der Waals surface area contributed by atoms with Gasteiger partial charge >= 0.3 is 5.97 Å². The number of carbonyl (C=O) groups excluding carboxylic acids is 1. The number of hydrogen-bond acceptors (Lipinski definition) is 5. The Labute approximate surface area is 91.8 Å². The standard InChI is InChI=1S/C10H6N2O2S/c1-14-10(13)9-3-2-8(12-6-15)4-7(9)5-11/h2-4H,1H3. The van der Waals surface area contributed by atoms with Gasteiger partial charge in [0.15, 0.2) is 0 Å². The highest BCUT2D eigenvalue weighted by Gasteiger charge is 2.11. The number of ether oxygens (including phenoxy) is 1. The quantitative estimate of drug-likeness (QED) is 0.433. The van der Waals surface area contributed by atoms with Gasteiger partial charge in [-0.1, -0.05) is 0 Å². The van der Waals surface area contributed by atoms with E-state index in [1.54, 1.807) is 6.07 Å². The van der Waals surface area contributed by atoms with E-state index in [0.717, 1.165) is 0 Å². The summed E-state index contributed by atoms with van der Waals surface area (Å²) in [6.07, 6.45) is 0. The Morgan fingerprint density at radius 1 is 1.60 bits per heavy atom. The number of nitriles is 1. The number of thiocarbonyl (C=S) groups is 1. The lowest BCUT2D eigenvalue weighted by Gasteiger charge is -2.01. The predicted molar refractivity (Wildman–Crippen MR) is 57.2 cm³/mol. The molecular formula is C10H6N2O2S. The average Bonchev–Trinajstić information content (AvgIpc) is 2.28. The van der Waals surface area contributed by atoms with Crippen LogP contribution >= 0.6 is 12.2 Å². The summed E-state index contributed by atoms with van der Waals surface area (Å²) >= 11 is 4.43. The zero-order valence-corrected chi connectivity index (χ0v) is 8.67. The third kappa shape index (κ3) is 2.47. The van der Waals surface area contributed by atoms with Crippen molar-refractivity contribution < 1.29 is 9.53 Å². The Morgan fingerprint density at radius 2 is 2.33 bits per heavy atom. The minimum absolute atomic E-state index is 0.202. The topological polar surface area (TPSA) is 62.4 Å². The van der Waals surface area contributed by atoms with Crippen LogP contribution in [0.4, 0.5) is 5.69 Å². The Bertz CT molecular complexity index is 485. The summed E-state index contributed by atoms with van der Waals surface area (Å²) in [5.74, 6) is -0.551. The van der Waals surface area contributed by atoms with Gasteiger partial charge in [0.2, 0.25) is 0 Å². The zero-order valence-electron chi connectivity index (χ0n) is 7.85. The van der Waals surface area contributed by atoms with Crippen LogP contribution in [0.3, 0.4) is 0 Å². The van der Waals surface area contributed by atoms with Gasteiger partial charge in [-0.15, -0.1) is 0 Å². The number of isothiocyanates is 1. The monoisotopic (exact) mass is 218 g/mol. The van der Waals surface area contributed by atoms with Crippen molar-refractivity contribution in [3.05, 3.63) is 29.3 Å². The first-order valence-electron chi connectivity index (χ1n) is 3.93. The summed E-state index contributed by atoms with van der Waals surface area (Å²) in [6, 6.07) is 6.37. The van der Waals surface area contributed by atoms with Crippen molar-refractivity contribution in [1.29, 1.82) is 5.26 Å². The zero-order chi connectivity index (χ0) is 11.3. The summed E-state index contributed by atoms with van der Waals surface area (Å²) in [5, 5.41) is 11.0. The Kier molecular flexibility index (Phi) is 3.69. The van der Waals surface area contributed by atoms with Crippen molar-refractivity contribution in [2.75, 3.05) is 7.11 Å². The number of carbonyl (C=O) groups is 1. The maximum Gasteiger partial charge on any atom is 0.339 e. The molecule has 1 aromatic rings. The minimum atomic E-state index is -0.551. The SMILES string of the molecule is COC(=O)c1ccc(N=C=S)cc1C#N. The van der Waals surface area contributed by atoms with Crippen molar-refractivity contribution in [2.24, 2.45) is 4.99 Å². The van der Waals surface area contributed by atoms with E-state index in [1.165, 1.54) is 19.2 Å². The van der Waals surface area contributed by atoms with E-state index in [2.05, 4.69) is 27.1 Å². The smallest absolute Gasteiger partial charge is 0.339 e. The van der Waals surface area contributed by atoms with Crippen LogP contribution in [0.25, 0.3) is 0 Å². The number of nitrogens with zero attached hydrogens (tertiary/aromatic N) is 2. The van der Waals surface area contributed by atoms with Crippen LogP contribution in [0.5, 0.6) is 0 Å². The molecule has 0 heterocycles. The molecule has 1 rings (SSSR count). The van der Waals surface area contributed by atoms with Crippen LogP contribution < -0.4 is 0 Å². The van der Waals surface area contributed by atoms with Gasteiger partial charge in [-0.3, -0.25) is 0 Å². The molecule has 0 aliphatic heterocycles. The van der Waals surface area contributed by atoms with E-state index in [4.69, 9.17) is 5.26 Å². The van der Waals surface area contributed by atoms with Gasteiger partial charge in [-0.25, -0.2) is 4.79 Å². The molecular weight excluding hydrogens is 212 g/mol. The molecule has 74 valence electrons. The summed E-state index contributed by atoms with van der Waals surface area (Å²) in [6.45, 7) is 0. The van der Waals surface area contributed by atoms with Crippen LogP contribution in [-0.4, -0.2) is 18.2 Å². The maximum absolute atomic E-state index is 11.2. The molecule has 0 aromatic heterocycles. The van der Waals surface area contributed by atoms with Crippen LogP contribution in [0, 0.1) is 11.3 Å². The fourth-order valence-electron chi connectivity index (χ4n) is 1.03. The molecule has 0 spiro atoms. The highest BCUT2D eigenvalue weighted by molar-refractivity contribution is 7.78. The van der Waals surface area contributed by atoms with Crippen LogP contribution in [0.1, 0.15) is 15.9 Å². The van der Waals surface area contributed by atoms with Crippen molar-refractivity contribution in [1.82, 2.24) is 0 Å². The second-order valence-corrected chi connectivity index (χ2v) is 2.72. The predicted octanol–water partition coefficient (Wildman–Crippen LogP) is 2.08. The Hall–Kier alpha value is -2.02. The summed E-state index contributed by atoms with van der Waals surface area (Å²) in [5.41, 5.74) is 0.894. The van der Waals surface area contributed by atoms with Crippen molar-refractivity contribution >= 4 is 29.0 Å². The van der Waals surface area contributed by atoms with E-state index in [1.807, 2.05) is 6.07 Å². The normalized spacial score (nSPS) is 8.53. The summed E-state index contributed by atoms with van der Waals surface area (Å²) in [7, 11) is 1.26. The third-order valence-corrected chi connectivity index (χ3v) is 1.79. The number of benzene rings is 1. The largest absolute Gasteiger partial charge is 0.465 e. The molecule has 0 radical (unpaired) electrons. The first-order valence-corrected chi connectivity index (χ1v) is 4.34. The molecule has 15 heavy (non-hydrogen) atoms. The summed E-state index contributed by atoms with van der Waals surface area (Å²) < 4.78 is 4.52. The molecule has 0 saturated heterocycles. The number of hydrogen-bond donors (Lipinski definition) is 0. The van der Waals surface area contributed by atoms with Gasteiger partial charge in [-0.2, -0.15) is 10.3 Å². The molecule has 0 fully saturated rings. The molecule has 5 heteroatoms. The second-order valence-electron chi connectivity index (χ2n) is 2.54. The van der Waals surface area contributed by atoms with Crippen molar-refractivity contribution in [3.8, 4) is 6.07 Å². The molecule has 0 aliphatic carbocycles. The van der Waals surface area contributed by atoms with Gasteiger partial charge in [0, 0.05) is 0 Å². The molecule has 0 N–H and O–H groups in total. The van der Waals surface area contributed by atoms with E-state index in [9.17, 15) is 4.79 Å². The van der Waals surface area contributed by atoms with Crippen LogP contribution in [0.2, 0.25) is 0 Å². The fourth-order valence-corrected chi connectivity index (χ4v) is 1.14. The molecule has 0 atom stereocenters. The van der Waals surface area contributed by atoms with Gasteiger partial charge in [-0.05, 0) is 30.4 Å². The lowest BCUT2D eigenvalue weighted by atomic mass is 10.1. The number of esters is 1. The van der Waals surface area contributed by atoms with Crippen molar-refractivity contribution in [3.63, 3.8) is 0 Å². The molecule has 1 aromatic carbocycles. The Balaban J connectivity index is 3.28.